The number of imidazole rings is 1. The molecule has 2 rings (SSSR count). The van der Waals surface area contributed by atoms with Crippen LogP contribution in [0, 0.1) is 0 Å². The number of aromatic nitrogens is 2. The molecule has 17 heavy (non-hydrogen) atoms. The summed E-state index contributed by atoms with van der Waals surface area (Å²) < 4.78 is 1.17. The van der Waals surface area contributed by atoms with E-state index in [9.17, 15) is 4.79 Å². The van der Waals surface area contributed by atoms with Gasteiger partial charge in [0.1, 0.15) is 4.34 Å². The zero-order valence-electron chi connectivity index (χ0n) is 8.24. The highest BCUT2D eigenvalue weighted by molar-refractivity contribution is 7.99. The number of aliphatic carboxylic acids is 1. The molecule has 0 unspecified atom stereocenters. The average molecular weight is 309 g/mol. The van der Waals surface area contributed by atoms with Gasteiger partial charge in [-0.05, 0) is 6.07 Å². The number of carboxylic acid groups (broad SMARTS) is 1. The molecule has 2 aromatic rings. The van der Waals surface area contributed by atoms with Gasteiger partial charge in [-0.2, -0.15) is 0 Å². The second kappa shape index (κ2) is 5.30. The first kappa shape index (κ1) is 12.8. The van der Waals surface area contributed by atoms with Gasteiger partial charge >= 0.3 is 5.97 Å². The summed E-state index contributed by atoms with van der Waals surface area (Å²) in [5.41, 5.74) is 1.50. The van der Waals surface area contributed by atoms with Gasteiger partial charge in [-0.3, -0.25) is 4.79 Å². The van der Waals surface area contributed by atoms with Gasteiger partial charge in [0.05, 0.1) is 22.0 Å². The molecular formula is C9H6Cl2N2O2S2. The molecule has 0 spiro atoms. The first-order valence-corrected chi connectivity index (χ1v) is 6.97. The summed E-state index contributed by atoms with van der Waals surface area (Å²) in [7, 11) is 0. The van der Waals surface area contributed by atoms with Crippen LogP contribution in [0.4, 0.5) is 0 Å². The van der Waals surface area contributed by atoms with Gasteiger partial charge in [0.25, 0.3) is 0 Å². The number of H-pyrrole nitrogens is 1. The van der Waals surface area contributed by atoms with Crippen molar-refractivity contribution in [2.75, 3.05) is 5.75 Å². The Labute approximate surface area is 115 Å². The largest absolute Gasteiger partial charge is 0.481 e. The summed E-state index contributed by atoms with van der Waals surface area (Å²) in [5.74, 6) is -0.921. The summed E-state index contributed by atoms with van der Waals surface area (Å²) >= 11 is 14.2. The van der Waals surface area contributed by atoms with Gasteiger partial charge in [0, 0.05) is 5.56 Å². The molecule has 0 bridgehead atoms. The standard InChI is InChI=1S/C9H6Cl2N2O2S2/c10-6-1-4(8(11)17-6)5-2-12-9(13-5)16-3-7(14)15/h1-2H,3H2,(H,12,13)(H,14,15). The number of carbonyl (C=O) groups is 1. The van der Waals surface area contributed by atoms with Crippen LogP contribution in [-0.4, -0.2) is 26.8 Å². The van der Waals surface area contributed by atoms with Crippen LogP contribution in [0.25, 0.3) is 11.3 Å². The Balaban J connectivity index is 2.18. The molecule has 0 aliphatic rings. The molecule has 0 aliphatic carbocycles. The van der Waals surface area contributed by atoms with Crippen molar-refractivity contribution in [2.45, 2.75) is 5.16 Å². The number of thiophene rings is 1. The van der Waals surface area contributed by atoms with E-state index in [1.807, 2.05) is 0 Å². The minimum atomic E-state index is -0.885. The number of halogens is 2. The second-order valence-electron chi connectivity index (χ2n) is 3.02. The van der Waals surface area contributed by atoms with Crippen molar-refractivity contribution < 1.29 is 9.90 Å². The molecule has 0 saturated carbocycles. The molecule has 90 valence electrons. The fraction of sp³-hybridized carbons (Fsp3) is 0.111. The fourth-order valence-corrected chi connectivity index (χ4v) is 3.23. The first-order chi connectivity index (χ1) is 8.06. The number of nitrogens with zero attached hydrogens (tertiary/aromatic N) is 1. The highest BCUT2D eigenvalue weighted by atomic mass is 35.5. The number of rotatable bonds is 4. The molecule has 0 aliphatic heterocycles. The molecule has 0 fully saturated rings. The van der Waals surface area contributed by atoms with Crippen LogP contribution in [0.5, 0.6) is 0 Å². The number of carboxylic acids is 1. The lowest BCUT2D eigenvalue weighted by molar-refractivity contribution is -0.133. The summed E-state index contributed by atoms with van der Waals surface area (Å²) in [6, 6.07) is 1.74. The molecule has 0 radical (unpaired) electrons. The molecule has 4 nitrogen and oxygen atoms in total. The zero-order chi connectivity index (χ0) is 12.4. The quantitative estimate of drug-likeness (QED) is 0.847. The van der Waals surface area contributed by atoms with Crippen LogP contribution in [-0.2, 0) is 4.79 Å². The Morgan fingerprint density at radius 2 is 2.35 bits per heavy atom. The van der Waals surface area contributed by atoms with Crippen molar-refractivity contribution in [1.29, 1.82) is 0 Å². The molecule has 8 heteroatoms. The van der Waals surface area contributed by atoms with Gasteiger partial charge in [-0.15, -0.1) is 11.3 Å². The number of thioether (sulfide) groups is 1. The van der Waals surface area contributed by atoms with Crippen LogP contribution in [0.15, 0.2) is 17.4 Å². The Morgan fingerprint density at radius 3 is 2.94 bits per heavy atom. The Morgan fingerprint density at radius 1 is 1.59 bits per heavy atom. The van der Waals surface area contributed by atoms with Gasteiger partial charge in [-0.1, -0.05) is 35.0 Å². The lowest BCUT2D eigenvalue weighted by Crippen LogP contribution is -1.97. The van der Waals surface area contributed by atoms with E-state index in [0.29, 0.717) is 13.8 Å². The van der Waals surface area contributed by atoms with Crippen molar-refractivity contribution >= 4 is 52.3 Å². The van der Waals surface area contributed by atoms with E-state index in [2.05, 4.69) is 9.97 Å². The number of aromatic amines is 1. The third-order valence-corrected chi connectivity index (χ3v) is 4.19. The van der Waals surface area contributed by atoms with E-state index in [-0.39, 0.29) is 5.75 Å². The third kappa shape index (κ3) is 3.16. The summed E-state index contributed by atoms with van der Waals surface area (Å²) in [6.45, 7) is 0. The molecule has 0 amide bonds. The smallest absolute Gasteiger partial charge is 0.313 e. The summed E-state index contributed by atoms with van der Waals surface area (Å²) in [4.78, 5) is 17.5. The van der Waals surface area contributed by atoms with Crippen molar-refractivity contribution in [3.63, 3.8) is 0 Å². The van der Waals surface area contributed by atoms with E-state index in [1.165, 1.54) is 11.3 Å². The van der Waals surface area contributed by atoms with E-state index in [4.69, 9.17) is 28.3 Å². The SMILES string of the molecule is O=C(O)CSc1ncc(-c2cc(Cl)sc2Cl)[nH]1. The Bertz CT molecular complexity index is 553. The van der Waals surface area contributed by atoms with E-state index in [0.717, 1.165) is 23.0 Å². The predicted molar refractivity (Wildman–Crippen MR) is 70.3 cm³/mol. The normalized spacial score (nSPS) is 10.7. The topological polar surface area (TPSA) is 66.0 Å². The third-order valence-electron chi connectivity index (χ3n) is 1.83. The maximum Gasteiger partial charge on any atom is 0.313 e. The minimum absolute atomic E-state index is 0.0366. The maximum atomic E-state index is 10.4. The molecule has 0 aromatic carbocycles. The van der Waals surface area contributed by atoms with Crippen LogP contribution in [0.1, 0.15) is 0 Å². The first-order valence-electron chi connectivity index (χ1n) is 4.41. The molecule has 2 aromatic heterocycles. The molecule has 0 saturated heterocycles. The Kier molecular flexibility index (Phi) is 3.98. The van der Waals surface area contributed by atoms with Gasteiger partial charge in [0.2, 0.25) is 0 Å². The monoisotopic (exact) mass is 308 g/mol. The molecule has 2 N–H and O–H groups in total. The maximum absolute atomic E-state index is 10.4. The van der Waals surface area contributed by atoms with E-state index >= 15 is 0 Å². The van der Waals surface area contributed by atoms with Crippen LogP contribution in [0.3, 0.4) is 0 Å². The van der Waals surface area contributed by atoms with Crippen molar-refractivity contribution in [1.82, 2.24) is 9.97 Å². The van der Waals surface area contributed by atoms with E-state index in [1.54, 1.807) is 12.3 Å². The second-order valence-corrected chi connectivity index (χ2v) is 6.27. The zero-order valence-corrected chi connectivity index (χ0v) is 11.4. The summed E-state index contributed by atoms with van der Waals surface area (Å²) in [5, 5.41) is 9.09. The van der Waals surface area contributed by atoms with Gasteiger partial charge in [-0.25, -0.2) is 4.98 Å². The average Bonchev–Trinajstić information content (AvgIpc) is 2.82. The van der Waals surface area contributed by atoms with Crippen LogP contribution < -0.4 is 0 Å². The van der Waals surface area contributed by atoms with E-state index < -0.39 is 5.97 Å². The lowest BCUT2D eigenvalue weighted by atomic mass is 10.3. The van der Waals surface area contributed by atoms with Crippen LogP contribution >= 0.6 is 46.3 Å². The molecule has 0 atom stereocenters. The van der Waals surface area contributed by atoms with Crippen molar-refractivity contribution in [2.24, 2.45) is 0 Å². The van der Waals surface area contributed by atoms with Gasteiger partial charge < -0.3 is 10.1 Å². The van der Waals surface area contributed by atoms with Gasteiger partial charge in [0.15, 0.2) is 5.16 Å². The molecule has 2 heterocycles. The van der Waals surface area contributed by atoms with Crippen molar-refractivity contribution in [3.05, 3.63) is 20.9 Å². The lowest BCUT2D eigenvalue weighted by Gasteiger charge is -1.93. The number of nitrogens with one attached hydrogen (secondary N) is 1. The number of hydrogen-bond donors (Lipinski definition) is 2. The predicted octanol–water partition coefficient (Wildman–Crippen LogP) is 3.62. The summed E-state index contributed by atoms with van der Waals surface area (Å²) in [6.07, 6.45) is 1.61. The molecular weight excluding hydrogens is 303 g/mol. The fourth-order valence-electron chi connectivity index (χ4n) is 1.17. The highest BCUT2D eigenvalue weighted by Gasteiger charge is 2.11. The highest BCUT2D eigenvalue weighted by Crippen LogP contribution is 2.37. The number of hydrogen-bond acceptors (Lipinski definition) is 4. The van der Waals surface area contributed by atoms with Crippen molar-refractivity contribution in [3.8, 4) is 11.3 Å². The van der Waals surface area contributed by atoms with Crippen LogP contribution in [0.2, 0.25) is 8.67 Å². The minimum Gasteiger partial charge on any atom is -0.481 e. The Hall–Kier alpha value is -0.690.